The zero-order chi connectivity index (χ0) is 21.8. The molecule has 1 aliphatic heterocycles. The number of nitrogens with one attached hydrogen (secondary N) is 1. The molecule has 4 rings (SSSR count). The second-order valence-corrected chi connectivity index (χ2v) is 7.99. The third-order valence-electron chi connectivity index (χ3n) is 5.92. The molecular formula is C25H27N3O3. The van der Waals surface area contributed by atoms with Crippen molar-refractivity contribution in [1.82, 2.24) is 14.8 Å². The SMILES string of the molecule is CCCN(C(=O)c1cc2ccccc2c(=O)[nH]1)C1CCN(C(=O)c2ccccc2)CC1. The molecule has 160 valence electrons. The molecule has 1 N–H and O–H groups in total. The van der Waals surface area contributed by atoms with Crippen molar-refractivity contribution in [2.45, 2.75) is 32.2 Å². The highest BCUT2D eigenvalue weighted by Crippen LogP contribution is 2.21. The number of hydrogen-bond donors (Lipinski definition) is 1. The Morgan fingerprint density at radius 3 is 2.42 bits per heavy atom. The summed E-state index contributed by atoms with van der Waals surface area (Å²) in [5, 5.41) is 1.34. The maximum absolute atomic E-state index is 13.3. The van der Waals surface area contributed by atoms with Gasteiger partial charge in [0.1, 0.15) is 5.69 Å². The predicted octanol–water partition coefficient (Wildman–Crippen LogP) is 3.69. The van der Waals surface area contributed by atoms with E-state index in [1.807, 2.05) is 65.3 Å². The number of likely N-dealkylation sites (tertiary alicyclic amines) is 1. The minimum absolute atomic E-state index is 0.0336. The highest BCUT2D eigenvalue weighted by molar-refractivity contribution is 5.96. The van der Waals surface area contributed by atoms with Crippen LogP contribution in [0.1, 0.15) is 47.0 Å². The van der Waals surface area contributed by atoms with E-state index in [0.29, 0.717) is 36.3 Å². The van der Waals surface area contributed by atoms with E-state index in [1.54, 1.807) is 12.1 Å². The number of carbonyl (C=O) groups excluding carboxylic acids is 2. The molecule has 31 heavy (non-hydrogen) atoms. The Morgan fingerprint density at radius 1 is 1.03 bits per heavy atom. The van der Waals surface area contributed by atoms with Crippen molar-refractivity contribution in [3.63, 3.8) is 0 Å². The van der Waals surface area contributed by atoms with E-state index in [2.05, 4.69) is 4.98 Å². The first-order chi connectivity index (χ1) is 15.1. The highest BCUT2D eigenvalue weighted by Gasteiger charge is 2.30. The first-order valence-electron chi connectivity index (χ1n) is 10.9. The normalized spacial score (nSPS) is 14.5. The van der Waals surface area contributed by atoms with Crippen molar-refractivity contribution in [3.8, 4) is 0 Å². The molecule has 0 aliphatic carbocycles. The predicted molar refractivity (Wildman–Crippen MR) is 121 cm³/mol. The average molecular weight is 418 g/mol. The van der Waals surface area contributed by atoms with Gasteiger partial charge in [-0.3, -0.25) is 14.4 Å². The molecule has 6 nitrogen and oxygen atoms in total. The van der Waals surface area contributed by atoms with E-state index in [4.69, 9.17) is 0 Å². The van der Waals surface area contributed by atoms with E-state index in [1.165, 1.54) is 0 Å². The number of fused-ring (bicyclic) bond motifs is 1. The molecule has 0 unspecified atom stereocenters. The van der Waals surface area contributed by atoms with Gasteiger partial charge in [0.15, 0.2) is 0 Å². The molecule has 1 fully saturated rings. The Hall–Kier alpha value is -3.41. The summed E-state index contributed by atoms with van der Waals surface area (Å²) in [5.74, 6) is -0.121. The highest BCUT2D eigenvalue weighted by atomic mass is 16.2. The van der Waals surface area contributed by atoms with Gasteiger partial charge in [0.25, 0.3) is 17.4 Å². The second-order valence-electron chi connectivity index (χ2n) is 7.99. The summed E-state index contributed by atoms with van der Waals surface area (Å²) in [5.41, 5.74) is 0.761. The first kappa shape index (κ1) is 20.8. The van der Waals surface area contributed by atoms with E-state index in [-0.39, 0.29) is 23.4 Å². The molecule has 0 radical (unpaired) electrons. The van der Waals surface area contributed by atoms with Gasteiger partial charge in [-0.2, -0.15) is 0 Å². The molecule has 0 saturated carbocycles. The van der Waals surface area contributed by atoms with Crippen molar-refractivity contribution in [3.05, 3.63) is 82.3 Å². The van der Waals surface area contributed by atoms with Gasteiger partial charge < -0.3 is 14.8 Å². The van der Waals surface area contributed by atoms with Crippen LogP contribution in [-0.4, -0.2) is 52.3 Å². The summed E-state index contributed by atoms with van der Waals surface area (Å²) in [4.78, 5) is 45.0. The van der Waals surface area contributed by atoms with E-state index in [0.717, 1.165) is 24.6 Å². The number of aromatic amines is 1. The summed E-state index contributed by atoms with van der Waals surface area (Å²) in [6.07, 6.45) is 2.27. The molecule has 1 aliphatic rings. The van der Waals surface area contributed by atoms with Crippen molar-refractivity contribution in [1.29, 1.82) is 0 Å². The van der Waals surface area contributed by atoms with Crippen LogP contribution >= 0.6 is 0 Å². The van der Waals surface area contributed by atoms with Gasteiger partial charge in [0.05, 0.1) is 0 Å². The van der Waals surface area contributed by atoms with Crippen LogP contribution in [0.4, 0.5) is 0 Å². The van der Waals surface area contributed by atoms with Crippen molar-refractivity contribution < 1.29 is 9.59 Å². The van der Waals surface area contributed by atoms with Crippen LogP contribution in [0.2, 0.25) is 0 Å². The molecule has 1 saturated heterocycles. The lowest BCUT2D eigenvalue weighted by molar-refractivity contribution is 0.0515. The van der Waals surface area contributed by atoms with Crippen LogP contribution < -0.4 is 5.56 Å². The summed E-state index contributed by atoms with van der Waals surface area (Å²) >= 11 is 0. The van der Waals surface area contributed by atoms with Crippen molar-refractivity contribution in [2.24, 2.45) is 0 Å². The Balaban J connectivity index is 1.50. The smallest absolute Gasteiger partial charge is 0.270 e. The van der Waals surface area contributed by atoms with Gasteiger partial charge in [0, 0.05) is 36.6 Å². The van der Waals surface area contributed by atoms with E-state index in [9.17, 15) is 14.4 Å². The quantitative estimate of drug-likeness (QED) is 0.688. The van der Waals surface area contributed by atoms with Crippen LogP contribution in [0.15, 0.2) is 65.5 Å². The Kier molecular flexibility index (Phi) is 6.16. The number of hydrogen-bond acceptors (Lipinski definition) is 3. The second kappa shape index (κ2) is 9.16. The standard InChI is InChI=1S/C25H27N3O3/c1-2-14-28(25(31)22-17-19-10-6-7-11-21(19)23(29)26-22)20-12-15-27(16-13-20)24(30)18-8-4-3-5-9-18/h3-11,17,20H,2,12-16H2,1H3,(H,26,29). The van der Waals surface area contributed by atoms with Gasteiger partial charge in [0.2, 0.25) is 0 Å². The summed E-state index contributed by atoms with van der Waals surface area (Å²) in [7, 11) is 0. The number of benzene rings is 2. The number of H-pyrrole nitrogens is 1. The van der Waals surface area contributed by atoms with Gasteiger partial charge in [-0.25, -0.2) is 0 Å². The number of pyridine rings is 1. The summed E-state index contributed by atoms with van der Waals surface area (Å²) < 4.78 is 0. The number of piperidine rings is 1. The van der Waals surface area contributed by atoms with Crippen molar-refractivity contribution >= 4 is 22.6 Å². The van der Waals surface area contributed by atoms with Crippen LogP contribution in [0.5, 0.6) is 0 Å². The average Bonchev–Trinajstić information content (AvgIpc) is 2.82. The largest absolute Gasteiger partial charge is 0.338 e. The Bertz CT molecular complexity index is 1130. The summed E-state index contributed by atoms with van der Waals surface area (Å²) in [6.45, 7) is 3.88. The van der Waals surface area contributed by atoms with Crippen LogP contribution in [-0.2, 0) is 0 Å². The minimum Gasteiger partial charge on any atom is -0.338 e. The molecule has 2 amide bonds. The number of carbonyl (C=O) groups is 2. The molecule has 6 heteroatoms. The maximum Gasteiger partial charge on any atom is 0.270 e. The zero-order valence-corrected chi connectivity index (χ0v) is 17.7. The molecule has 3 aromatic rings. The van der Waals surface area contributed by atoms with Crippen LogP contribution in [0.3, 0.4) is 0 Å². The third-order valence-corrected chi connectivity index (χ3v) is 5.92. The fraction of sp³-hybridized carbons (Fsp3) is 0.320. The third kappa shape index (κ3) is 4.38. The van der Waals surface area contributed by atoms with Crippen molar-refractivity contribution in [2.75, 3.05) is 19.6 Å². The molecule has 1 aromatic heterocycles. The summed E-state index contributed by atoms with van der Waals surface area (Å²) in [6, 6.07) is 18.4. The van der Waals surface area contributed by atoms with E-state index >= 15 is 0 Å². The molecule has 2 heterocycles. The van der Waals surface area contributed by atoms with Crippen LogP contribution in [0, 0.1) is 0 Å². The lowest BCUT2D eigenvalue weighted by Gasteiger charge is -2.38. The molecular weight excluding hydrogens is 390 g/mol. The number of aromatic nitrogens is 1. The molecule has 0 bridgehead atoms. The van der Waals surface area contributed by atoms with Crippen LogP contribution in [0.25, 0.3) is 10.8 Å². The molecule has 0 spiro atoms. The Labute approximate surface area is 181 Å². The van der Waals surface area contributed by atoms with Gasteiger partial charge in [-0.1, -0.05) is 43.3 Å². The Morgan fingerprint density at radius 2 is 1.71 bits per heavy atom. The van der Waals surface area contributed by atoms with Gasteiger partial charge in [-0.05, 0) is 48.9 Å². The first-order valence-corrected chi connectivity index (χ1v) is 10.9. The van der Waals surface area contributed by atoms with Gasteiger partial charge in [-0.15, -0.1) is 0 Å². The fourth-order valence-corrected chi connectivity index (χ4v) is 4.32. The number of nitrogens with zero attached hydrogens (tertiary/aromatic N) is 2. The minimum atomic E-state index is -0.249. The number of amides is 2. The van der Waals surface area contributed by atoms with E-state index < -0.39 is 0 Å². The molecule has 2 aromatic carbocycles. The zero-order valence-electron chi connectivity index (χ0n) is 17.7. The topological polar surface area (TPSA) is 73.5 Å². The molecule has 0 atom stereocenters. The fourth-order valence-electron chi connectivity index (χ4n) is 4.32. The monoisotopic (exact) mass is 417 g/mol. The number of rotatable bonds is 5. The van der Waals surface area contributed by atoms with Gasteiger partial charge >= 0.3 is 0 Å². The lowest BCUT2D eigenvalue weighted by atomic mass is 10.0. The lowest BCUT2D eigenvalue weighted by Crippen LogP contribution is -2.49. The maximum atomic E-state index is 13.3.